The number of nitrogens with zero attached hydrogens (tertiary/aromatic N) is 1. The molecular weight excluding hydrogens is 342 g/mol. The van der Waals surface area contributed by atoms with Gasteiger partial charge in [0, 0.05) is 30.6 Å². The number of carbonyl (C=O) groups is 1. The highest BCUT2D eigenvalue weighted by atomic mass is 16.5. The summed E-state index contributed by atoms with van der Waals surface area (Å²) >= 11 is 0. The van der Waals surface area contributed by atoms with Crippen LogP contribution in [0.5, 0.6) is 5.75 Å². The first kappa shape index (κ1) is 19.5. The Kier molecular flexibility index (Phi) is 6.19. The summed E-state index contributed by atoms with van der Waals surface area (Å²) in [5.41, 5.74) is 1.08. The second kappa shape index (κ2) is 8.59. The molecule has 0 saturated heterocycles. The van der Waals surface area contributed by atoms with E-state index in [9.17, 15) is 9.59 Å². The minimum Gasteiger partial charge on any atom is -0.481 e. The zero-order chi connectivity index (χ0) is 19.4. The highest BCUT2D eigenvalue weighted by Gasteiger charge is 2.26. The van der Waals surface area contributed by atoms with E-state index in [1.54, 1.807) is 13.0 Å². The Hall–Kier alpha value is -2.30. The van der Waals surface area contributed by atoms with Crippen molar-refractivity contribution < 1.29 is 13.9 Å². The summed E-state index contributed by atoms with van der Waals surface area (Å²) in [5, 5.41) is 0.902. The van der Waals surface area contributed by atoms with Crippen molar-refractivity contribution >= 4 is 16.9 Å². The van der Waals surface area contributed by atoms with Crippen LogP contribution in [0.2, 0.25) is 0 Å². The third-order valence-corrected chi connectivity index (χ3v) is 5.56. The molecule has 1 aliphatic carbocycles. The average Bonchev–Trinajstić information content (AvgIpc) is 2.95. The molecule has 1 aromatic carbocycles. The van der Waals surface area contributed by atoms with Gasteiger partial charge in [0.2, 0.25) is 0 Å². The fourth-order valence-electron chi connectivity index (χ4n) is 3.94. The van der Waals surface area contributed by atoms with Gasteiger partial charge in [-0.3, -0.25) is 4.79 Å². The van der Waals surface area contributed by atoms with E-state index < -0.39 is 6.10 Å². The Labute approximate surface area is 160 Å². The second-order valence-corrected chi connectivity index (χ2v) is 7.46. The van der Waals surface area contributed by atoms with Crippen LogP contribution in [0, 0.1) is 0 Å². The minimum atomic E-state index is -0.586. The normalized spacial score (nSPS) is 16.7. The van der Waals surface area contributed by atoms with E-state index in [0.29, 0.717) is 17.4 Å². The van der Waals surface area contributed by atoms with Gasteiger partial charge < -0.3 is 14.1 Å². The van der Waals surface area contributed by atoms with Crippen molar-refractivity contribution in [3.05, 3.63) is 40.2 Å². The summed E-state index contributed by atoms with van der Waals surface area (Å²) in [6.45, 7) is 3.78. The molecule has 146 valence electrons. The number of ether oxygens (including phenoxy) is 1. The van der Waals surface area contributed by atoms with Crippen molar-refractivity contribution in [3.63, 3.8) is 0 Å². The number of fused-ring (bicyclic) bond motifs is 1. The van der Waals surface area contributed by atoms with Crippen LogP contribution < -0.4 is 10.4 Å². The molecule has 5 heteroatoms. The smallest absolute Gasteiger partial charge is 0.336 e. The molecule has 1 atom stereocenters. The van der Waals surface area contributed by atoms with Gasteiger partial charge in [0.25, 0.3) is 5.91 Å². The largest absolute Gasteiger partial charge is 0.481 e. The monoisotopic (exact) mass is 371 g/mol. The quantitative estimate of drug-likeness (QED) is 0.581. The Morgan fingerprint density at radius 3 is 2.59 bits per heavy atom. The number of hydrogen-bond acceptors (Lipinski definition) is 4. The van der Waals surface area contributed by atoms with Gasteiger partial charge in [-0.15, -0.1) is 0 Å². The van der Waals surface area contributed by atoms with Crippen molar-refractivity contribution in [1.82, 2.24) is 4.90 Å². The average molecular weight is 371 g/mol. The Morgan fingerprint density at radius 1 is 1.22 bits per heavy atom. The molecule has 5 nitrogen and oxygen atoms in total. The zero-order valence-electron chi connectivity index (χ0n) is 16.5. The van der Waals surface area contributed by atoms with Gasteiger partial charge in [-0.1, -0.05) is 32.6 Å². The third-order valence-electron chi connectivity index (χ3n) is 5.56. The molecule has 1 amide bonds. The summed E-state index contributed by atoms with van der Waals surface area (Å²) in [4.78, 5) is 26.4. The molecule has 0 N–H and O–H groups in total. The van der Waals surface area contributed by atoms with Crippen LogP contribution in [0.4, 0.5) is 0 Å². The molecule has 1 unspecified atom stereocenters. The van der Waals surface area contributed by atoms with Crippen molar-refractivity contribution in [2.45, 2.75) is 70.9 Å². The lowest BCUT2D eigenvalue weighted by molar-refractivity contribution is -0.139. The Balaban J connectivity index is 1.73. The second-order valence-electron chi connectivity index (χ2n) is 7.46. The van der Waals surface area contributed by atoms with E-state index in [0.717, 1.165) is 30.2 Å². The standard InChI is InChI=1S/C22H29NO4/c1-4-16-13-21(24)27-20-14-18(11-12-19(16)20)26-15(2)22(25)23(3)17-9-7-5-6-8-10-17/h11-15,17H,4-10H2,1-3H3. The molecule has 27 heavy (non-hydrogen) atoms. The maximum Gasteiger partial charge on any atom is 0.336 e. The highest BCUT2D eigenvalue weighted by molar-refractivity contribution is 5.83. The summed E-state index contributed by atoms with van der Waals surface area (Å²) in [7, 11) is 1.88. The lowest BCUT2D eigenvalue weighted by atomic mass is 10.1. The molecule has 1 heterocycles. The summed E-state index contributed by atoms with van der Waals surface area (Å²) in [6, 6.07) is 7.24. The maximum atomic E-state index is 12.8. The number of rotatable bonds is 5. The number of aryl methyl sites for hydroxylation is 1. The molecule has 1 fully saturated rings. The molecule has 0 aliphatic heterocycles. The fourth-order valence-corrected chi connectivity index (χ4v) is 3.94. The molecule has 0 bridgehead atoms. The maximum absolute atomic E-state index is 12.8. The van der Waals surface area contributed by atoms with Crippen LogP contribution in [0.3, 0.4) is 0 Å². The first-order valence-corrected chi connectivity index (χ1v) is 9.99. The van der Waals surface area contributed by atoms with E-state index in [2.05, 4.69) is 0 Å². The van der Waals surface area contributed by atoms with E-state index in [1.807, 2.05) is 31.0 Å². The van der Waals surface area contributed by atoms with Gasteiger partial charge in [-0.25, -0.2) is 4.79 Å². The number of carbonyl (C=O) groups excluding carboxylic acids is 1. The molecule has 1 saturated carbocycles. The fraction of sp³-hybridized carbons (Fsp3) is 0.545. The van der Waals surface area contributed by atoms with Gasteiger partial charge in [0.1, 0.15) is 11.3 Å². The van der Waals surface area contributed by atoms with Crippen LogP contribution in [-0.4, -0.2) is 30.0 Å². The number of amides is 1. The van der Waals surface area contributed by atoms with Crippen LogP contribution >= 0.6 is 0 Å². The van der Waals surface area contributed by atoms with Crippen LogP contribution in [0.25, 0.3) is 11.0 Å². The number of benzene rings is 1. The first-order chi connectivity index (χ1) is 13.0. The molecule has 1 aromatic heterocycles. The number of likely N-dealkylation sites (N-methyl/N-ethyl adjacent to an activating group) is 1. The van der Waals surface area contributed by atoms with Gasteiger partial charge in [-0.05, 0) is 43.9 Å². The van der Waals surface area contributed by atoms with E-state index >= 15 is 0 Å². The van der Waals surface area contributed by atoms with Crippen molar-refractivity contribution in [3.8, 4) is 5.75 Å². The number of hydrogen-bond donors (Lipinski definition) is 0. The van der Waals surface area contributed by atoms with Gasteiger partial charge in [0.05, 0.1) is 0 Å². The molecule has 0 spiro atoms. The van der Waals surface area contributed by atoms with Crippen LogP contribution in [0.1, 0.15) is 57.9 Å². The Morgan fingerprint density at radius 2 is 1.93 bits per heavy atom. The molecular formula is C22H29NO4. The molecule has 2 aromatic rings. The highest BCUT2D eigenvalue weighted by Crippen LogP contribution is 2.25. The lowest BCUT2D eigenvalue weighted by Crippen LogP contribution is -2.43. The summed E-state index contributed by atoms with van der Waals surface area (Å²) in [6.07, 6.45) is 7.17. The predicted molar refractivity (Wildman–Crippen MR) is 106 cm³/mol. The van der Waals surface area contributed by atoms with Crippen molar-refractivity contribution in [2.75, 3.05) is 7.05 Å². The third kappa shape index (κ3) is 4.52. The lowest BCUT2D eigenvalue weighted by Gasteiger charge is -2.29. The summed E-state index contributed by atoms with van der Waals surface area (Å²) in [5.74, 6) is 0.528. The van der Waals surface area contributed by atoms with E-state index in [1.165, 1.54) is 31.7 Å². The van der Waals surface area contributed by atoms with Gasteiger partial charge >= 0.3 is 5.63 Å². The SMILES string of the molecule is CCc1cc(=O)oc2cc(OC(C)C(=O)N(C)C3CCCCCC3)ccc12. The molecule has 1 aliphatic rings. The van der Waals surface area contributed by atoms with E-state index in [-0.39, 0.29) is 11.5 Å². The first-order valence-electron chi connectivity index (χ1n) is 9.99. The summed E-state index contributed by atoms with van der Waals surface area (Å²) < 4.78 is 11.2. The van der Waals surface area contributed by atoms with Gasteiger partial charge in [-0.2, -0.15) is 0 Å². The minimum absolute atomic E-state index is 0.00856. The molecule has 3 rings (SSSR count). The predicted octanol–water partition coefficient (Wildman–Crippen LogP) is 4.30. The zero-order valence-corrected chi connectivity index (χ0v) is 16.5. The van der Waals surface area contributed by atoms with Crippen molar-refractivity contribution in [2.24, 2.45) is 0 Å². The van der Waals surface area contributed by atoms with Gasteiger partial charge in [0.15, 0.2) is 6.10 Å². The van der Waals surface area contributed by atoms with Crippen LogP contribution in [0.15, 0.2) is 33.5 Å². The Bertz CT molecular complexity index is 849. The van der Waals surface area contributed by atoms with E-state index in [4.69, 9.17) is 9.15 Å². The topological polar surface area (TPSA) is 59.8 Å². The van der Waals surface area contributed by atoms with Crippen LogP contribution in [-0.2, 0) is 11.2 Å². The molecule has 0 radical (unpaired) electrons. The van der Waals surface area contributed by atoms with Crippen molar-refractivity contribution in [1.29, 1.82) is 0 Å².